The molecule has 2 saturated heterocycles. The van der Waals surface area contributed by atoms with E-state index in [0.717, 1.165) is 37.0 Å². The predicted molar refractivity (Wildman–Crippen MR) is 136 cm³/mol. The van der Waals surface area contributed by atoms with Gasteiger partial charge >= 0.3 is 6.09 Å². The summed E-state index contributed by atoms with van der Waals surface area (Å²) in [5.74, 6) is 1.84. The van der Waals surface area contributed by atoms with Crippen molar-refractivity contribution < 1.29 is 23.8 Å². The summed E-state index contributed by atoms with van der Waals surface area (Å²) in [4.78, 5) is 30.3. The lowest BCUT2D eigenvalue weighted by Crippen LogP contribution is -2.51. The third kappa shape index (κ3) is 5.45. The summed E-state index contributed by atoms with van der Waals surface area (Å²) in [7, 11) is 0. The van der Waals surface area contributed by atoms with Crippen LogP contribution in [0.2, 0.25) is 0 Å². The standard InChI is InChI=1S/C29H36N2O5/c1-29(2,3)36-28(33)30(18-24-19-34-25-11-7-8-12-26(25)35-24)17-20-15-22-13-14-23(16-20)31(22)27(32)21-9-5-4-6-10-21/h4-12,20,22-24H,13-19H2,1-3H3. The predicted octanol–water partition coefficient (Wildman–Crippen LogP) is 5.15. The van der Waals surface area contributed by atoms with Crippen molar-refractivity contribution in [1.29, 1.82) is 0 Å². The van der Waals surface area contributed by atoms with Crippen molar-refractivity contribution in [2.45, 2.75) is 70.2 Å². The van der Waals surface area contributed by atoms with Crippen LogP contribution in [0.1, 0.15) is 56.8 Å². The molecule has 0 radical (unpaired) electrons. The molecule has 3 unspecified atom stereocenters. The lowest BCUT2D eigenvalue weighted by molar-refractivity contribution is -0.000734. The van der Waals surface area contributed by atoms with Gasteiger partial charge < -0.3 is 24.0 Å². The maximum absolute atomic E-state index is 13.2. The number of carbonyl (C=O) groups excluding carboxylic acids is 2. The maximum atomic E-state index is 13.2. The quantitative estimate of drug-likeness (QED) is 0.578. The van der Waals surface area contributed by atoms with E-state index in [1.165, 1.54) is 0 Å². The molecule has 2 aromatic carbocycles. The molecule has 3 heterocycles. The Morgan fingerprint density at radius 2 is 1.58 bits per heavy atom. The van der Waals surface area contributed by atoms with E-state index in [1.807, 2.05) is 75.4 Å². The molecule has 0 spiro atoms. The van der Waals surface area contributed by atoms with E-state index in [1.54, 1.807) is 4.90 Å². The molecule has 3 atom stereocenters. The summed E-state index contributed by atoms with van der Waals surface area (Å²) < 4.78 is 17.8. The Morgan fingerprint density at radius 3 is 2.25 bits per heavy atom. The Bertz CT molecular complexity index is 1070. The minimum absolute atomic E-state index is 0.122. The summed E-state index contributed by atoms with van der Waals surface area (Å²) in [6.07, 6.45) is 3.20. The minimum atomic E-state index is -0.587. The molecule has 2 fully saturated rings. The van der Waals surface area contributed by atoms with Crippen LogP contribution in [0, 0.1) is 5.92 Å². The number of nitrogens with zero attached hydrogens (tertiary/aromatic N) is 2. The van der Waals surface area contributed by atoms with Crippen LogP contribution in [-0.4, -0.2) is 65.3 Å². The van der Waals surface area contributed by atoms with E-state index in [4.69, 9.17) is 14.2 Å². The van der Waals surface area contributed by atoms with Crippen molar-refractivity contribution in [1.82, 2.24) is 9.80 Å². The minimum Gasteiger partial charge on any atom is -0.486 e. The molecule has 7 nitrogen and oxygen atoms in total. The zero-order chi connectivity index (χ0) is 25.3. The average molecular weight is 493 g/mol. The maximum Gasteiger partial charge on any atom is 0.410 e. The highest BCUT2D eigenvalue weighted by molar-refractivity contribution is 5.94. The van der Waals surface area contributed by atoms with Gasteiger partial charge in [-0.1, -0.05) is 30.3 Å². The van der Waals surface area contributed by atoms with Crippen molar-refractivity contribution >= 4 is 12.0 Å². The van der Waals surface area contributed by atoms with Gasteiger partial charge in [-0.25, -0.2) is 4.79 Å². The Hall–Kier alpha value is -3.22. The Labute approximate surface area is 213 Å². The number of ether oxygens (including phenoxy) is 3. The molecular weight excluding hydrogens is 456 g/mol. The van der Waals surface area contributed by atoms with E-state index in [9.17, 15) is 9.59 Å². The first-order valence-corrected chi connectivity index (χ1v) is 13.0. The number of benzene rings is 2. The Balaban J connectivity index is 1.27. The topological polar surface area (TPSA) is 68.3 Å². The molecule has 2 amide bonds. The number of hydrogen-bond donors (Lipinski definition) is 0. The molecule has 0 N–H and O–H groups in total. The Morgan fingerprint density at radius 1 is 0.944 bits per heavy atom. The third-order valence-electron chi connectivity index (χ3n) is 7.21. The molecule has 36 heavy (non-hydrogen) atoms. The van der Waals surface area contributed by atoms with Crippen molar-refractivity contribution in [2.75, 3.05) is 19.7 Å². The molecule has 2 bridgehead atoms. The van der Waals surface area contributed by atoms with E-state index < -0.39 is 5.60 Å². The summed E-state index contributed by atoms with van der Waals surface area (Å²) >= 11 is 0. The van der Waals surface area contributed by atoms with Crippen LogP contribution in [-0.2, 0) is 4.74 Å². The molecular formula is C29H36N2O5. The first-order valence-electron chi connectivity index (χ1n) is 13.0. The monoisotopic (exact) mass is 492 g/mol. The molecule has 3 aliphatic heterocycles. The van der Waals surface area contributed by atoms with Gasteiger partial charge in [0.2, 0.25) is 0 Å². The zero-order valence-corrected chi connectivity index (χ0v) is 21.4. The summed E-state index contributed by atoms with van der Waals surface area (Å²) in [5.41, 5.74) is 0.161. The molecule has 0 saturated carbocycles. The number of carbonyl (C=O) groups is 2. The van der Waals surface area contributed by atoms with Gasteiger partial charge in [0.15, 0.2) is 17.6 Å². The summed E-state index contributed by atoms with van der Waals surface area (Å²) in [6.45, 7) is 7.00. The fraction of sp³-hybridized carbons (Fsp3) is 0.517. The van der Waals surface area contributed by atoms with E-state index in [-0.39, 0.29) is 30.2 Å². The lowest BCUT2D eigenvalue weighted by Gasteiger charge is -2.41. The number of hydrogen-bond acceptors (Lipinski definition) is 5. The first-order chi connectivity index (χ1) is 17.3. The van der Waals surface area contributed by atoms with Crippen LogP contribution >= 0.6 is 0 Å². The van der Waals surface area contributed by atoms with Crippen LogP contribution in [0.25, 0.3) is 0 Å². The largest absolute Gasteiger partial charge is 0.486 e. The number of piperidine rings is 1. The molecule has 192 valence electrons. The van der Waals surface area contributed by atoms with Gasteiger partial charge in [0.05, 0.1) is 6.54 Å². The van der Waals surface area contributed by atoms with Crippen molar-refractivity contribution in [3.8, 4) is 11.5 Å². The number of fused-ring (bicyclic) bond motifs is 3. The summed E-state index contributed by atoms with van der Waals surface area (Å²) in [6, 6.07) is 17.6. The SMILES string of the molecule is CC(C)(C)OC(=O)N(CC1CC2CCC(C1)N2C(=O)c1ccccc1)CC1COc2ccccc2O1. The van der Waals surface area contributed by atoms with Gasteiger partial charge in [0, 0.05) is 24.2 Å². The molecule has 7 heteroatoms. The third-order valence-corrected chi connectivity index (χ3v) is 7.21. The highest BCUT2D eigenvalue weighted by Gasteiger charge is 2.44. The summed E-state index contributed by atoms with van der Waals surface area (Å²) in [5, 5.41) is 0. The normalized spacial score (nSPS) is 24.8. The van der Waals surface area contributed by atoms with Crippen molar-refractivity contribution in [2.24, 2.45) is 5.92 Å². The molecule has 3 aliphatic rings. The van der Waals surface area contributed by atoms with Crippen LogP contribution in [0.5, 0.6) is 11.5 Å². The number of amides is 2. The van der Waals surface area contributed by atoms with E-state index >= 15 is 0 Å². The molecule has 0 aliphatic carbocycles. The molecule has 2 aromatic rings. The second-order valence-corrected chi connectivity index (χ2v) is 11.2. The fourth-order valence-electron chi connectivity index (χ4n) is 5.76. The average Bonchev–Trinajstić information content (AvgIpc) is 3.12. The van der Waals surface area contributed by atoms with Crippen LogP contribution in [0.4, 0.5) is 4.79 Å². The second-order valence-electron chi connectivity index (χ2n) is 11.2. The van der Waals surface area contributed by atoms with Gasteiger partial charge in [-0.15, -0.1) is 0 Å². The number of rotatable bonds is 5. The van der Waals surface area contributed by atoms with E-state index in [2.05, 4.69) is 4.90 Å². The van der Waals surface area contributed by atoms with Crippen molar-refractivity contribution in [3.63, 3.8) is 0 Å². The van der Waals surface area contributed by atoms with Gasteiger partial charge in [-0.3, -0.25) is 4.79 Å². The second kappa shape index (κ2) is 10.0. The lowest BCUT2D eigenvalue weighted by atomic mass is 9.89. The van der Waals surface area contributed by atoms with Gasteiger partial charge in [-0.05, 0) is 76.6 Å². The number of para-hydroxylation sites is 2. The van der Waals surface area contributed by atoms with Gasteiger partial charge in [-0.2, -0.15) is 0 Å². The highest BCUT2D eigenvalue weighted by Crippen LogP contribution is 2.40. The highest BCUT2D eigenvalue weighted by atomic mass is 16.6. The van der Waals surface area contributed by atoms with Crippen LogP contribution in [0.3, 0.4) is 0 Å². The van der Waals surface area contributed by atoms with Crippen LogP contribution < -0.4 is 9.47 Å². The smallest absolute Gasteiger partial charge is 0.410 e. The Kier molecular flexibility index (Phi) is 6.82. The van der Waals surface area contributed by atoms with Crippen LogP contribution in [0.15, 0.2) is 54.6 Å². The first kappa shape index (κ1) is 24.5. The zero-order valence-electron chi connectivity index (χ0n) is 21.4. The van der Waals surface area contributed by atoms with Crippen molar-refractivity contribution in [3.05, 3.63) is 60.2 Å². The van der Waals surface area contributed by atoms with Gasteiger partial charge in [0.1, 0.15) is 12.2 Å². The molecule has 5 rings (SSSR count). The van der Waals surface area contributed by atoms with E-state index in [0.29, 0.717) is 31.4 Å². The van der Waals surface area contributed by atoms with Gasteiger partial charge in [0.25, 0.3) is 5.91 Å². The fourth-order valence-corrected chi connectivity index (χ4v) is 5.76. The molecule has 0 aromatic heterocycles.